The van der Waals surface area contributed by atoms with E-state index in [0.29, 0.717) is 18.0 Å². The van der Waals surface area contributed by atoms with Gasteiger partial charge in [0, 0.05) is 55.1 Å². The van der Waals surface area contributed by atoms with Crippen LogP contribution in [0.15, 0.2) is 85.3 Å². The molecule has 2 aromatic heterocycles. The Morgan fingerprint density at radius 2 is 1.69 bits per heavy atom. The van der Waals surface area contributed by atoms with Gasteiger partial charge < -0.3 is 30.5 Å². The van der Waals surface area contributed by atoms with Crippen molar-refractivity contribution in [2.45, 2.75) is 44.5 Å². The number of nitrogens with zero attached hydrogens (tertiary/aromatic N) is 3. The molecule has 1 aliphatic rings. The summed E-state index contributed by atoms with van der Waals surface area (Å²) in [6.45, 7) is 2.01. The van der Waals surface area contributed by atoms with Crippen molar-refractivity contribution in [1.29, 1.82) is 0 Å². The third-order valence-electron chi connectivity index (χ3n) is 7.64. The summed E-state index contributed by atoms with van der Waals surface area (Å²) in [6.07, 6.45) is 2.20. The molecule has 1 aliphatic heterocycles. The molecule has 14 heteroatoms. The molecule has 48 heavy (non-hydrogen) atoms. The smallest absolute Gasteiger partial charge is 0.490 e. The Labute approximate surface area is 274 Å². The van der Waals surface area contributed by atoms with Gasteiger partial charge in [0.25, 0.3) is 0 Å². The summed E-state index contributed by atoms with van der Waals surface area (Å²) in [5.74, 6) is -2.15. The summed E-state index contributed by atoms with van der Waals surface area (Å²) < 4.78 is 43.3. The van der Waals surface area contributed by atoms with E-state index >= 15 is 0 Å². The molecule has 0 radical (unpaired) electrons. The number of carboxylic acids is 1. The predicted molar refractivity (Wildman–Crippen MR) is 172 cm³/mol. The van der Waals surface area contributed by atoms with Crippen LogP contribution in [0.3, 0.4) is 0 Å². The van der Waals surface area contributed by atoms with E-state index in [9.17, 15) is 22.8 Å². The fraction of sp³-hybridized carbons (Fsp3) is 0.324. The number of hydrogen-bond acceptors (Lipinski definition) is 9. The largest absolute Gasteiger partial charge is 0.491 e. The zero-order valence-electron chi connectivity index (χ0n) is 25.9. The molecule has 3 heterocycles. The number of amides is 1. The number of nitrogens with one attached hydrogen (secondary N) is 1. The van der Waals surface area contributed by atoms with E-state index in [0.717, 1.165) is 48.0 Å². The predicted octanol–water partition coefficient (Wildman–Crippen LogP) is 5.15. The van der Waals surface area contributed by atoms with E-state index in [1.54, 1.807) is 18.6 Å². The Morgan fingerprint density at radius 1 is 1.00 bits per heavy atom. The van der Waals surface area contributed by atoms with Crippen molar-refractivity contribution >= 4 is 40.1 Å². The van der Waals surface area contributed by atoms with Crippen LogP contribution in [0.25, 0.3) is 10.8 Å². The first-order valence-electron chi connectivity index (χ1n) is 15.2. The highest BCUT2D eigenvalue weighted by Gasteiger charge is 2.38. The molecule has 1 atom stereocenters. The number of alkyl halides is 3. The maximum atomic E-state index is 13.3. The van der Waals surface area contributed by atoms with Crippen molar-refractivity contribution < 1.29 is 42.1 Å². The lowest BCUT2D eigenvalue weighted by Crippen LogP contribution is -2.46. The molecule has 1 amide bonds. The molecule has 0 unspecified atom stereocenters. The molecule has 0 spiro atoms. The highest BCUT2D eigenvalue weighted by molar-refractivity contribution is 5.91. The third-order valence-corrected chi connectivity index (χ3v) is 7.64. The minimum atomic E-state index is -5.08. The van der Waals surface area contributed by atoms with Gasteiger partial charge in [0.2, 0.25) is 5.91 Å². The van der Waals surface area contributed by atoms with Crippen LogP contribution in [-0.2, 0) is 25.7 Å². The highest BCUT2D eigenvalue weighted by Crippen LogP contribution is 2.25. The SMILES string of the molecule is Nc1nccc2ccc(OC[C@@H](CCC(=O)OCc3ccccc3)NC(=O)C3CCN(c4ccncc4)CC3)cc12.O=C(O)C(F)(F)F. The van der Waals surface area contributed by atoms with Crippen LogP contribution < -0.4 is 20.7 Å². The standard InChI is InChI=1S/C32H35N5O4.C2HF3O2/c33-31-29-20-28(8-6-24(29)10-17-35-31)40-22-26(7-9-30(38)41-21-23-4-2-1-3-5-23)36-32(39)25-13-18-37(19-14-25)27-11-15-34-16-12-27;3-2(4,5)1(6)7/h1-6,8,10-12,15-17,20,25-26H,7,9,13-14,18-19,21-22H2,(H2,33,35)(H,36,39);(H,6,7)/t26-;/m1./s1. The number of ether oxygens (including phenoxy) is 2. The average molecular weight is 668 g/mol. The van der Waals surface area contributed by atoms with Crippen LogP contribution in [0.2, 0.25) is 0 Å². The first kappa shape index (κ1) is 35.5. The van der Waals surface area contributed by atoms with Gasteiger partial charge in [-0.3, -0.25) is 14.6 Å². The average Bonchev–Trinajstić information content (AvgIpc) is 3.09. The number of aliphatic carboxylic acids is 1. The Hall–Kier alpha value is -5.40. The maximum Gasteiger partial charge on any atom is 0.490 e. The number of nitrogens with two attached hydrogens (primary N) is 1. The topological polar surface area (TPSA) is 157 Å². The number of esters is 1. The molecule has 5 rings (SSSR count). The lowest BCUT2D eigenvalue weighted by molar-refractivity contribution is -0.192. The normalized spacial score (nSPS) is 13.9. The number of carboxylic acid groups (broad SMARTS) is 1. The molecule has 4 aromatic rings. The fourth-order valence-electron chi connectivity index (χ4n) is 5.03. The van der Waals surface area contributed by atoms with Gasteiger partial charge in [-0.15, -0.1) is 0 Å². The van der Waals surface area contributed by atoms with Crippen LogP contribution in [0.4, 0.5) is 24.7 Å². The molecule has 11 nitrogen and oxygen atoms in total. The zero-order chi connectivity index (χ0) is 34.5. The number of carbonyl (C=O) groups excluding carboxylic acids is 2. The van der Waals surface area contributed by atoms with Crippen LogP contribution in [0, 0.1) is 5.92 Å². The second-order valence-electron chi connectivity index (χ2n) is 11.1. The lowest BCUT2D eigenvalue weighted by atomic mass is 9.95. The highest BCUT2D eigenvalue weighted by atomic mass is 19.4. The molecule has 2 aromatic carbocycles. The minimum absolute atomic E-state index is 0.0161. The first-order chi connectivity index (χ1) is 23.0. The second kappa shape index (κ2) is 17.0. The third kappa shape index (κ3) is 10.9. The number of pyridine rings is 2. The van der Waals surface area contributed by atoms with Crippen molar-refractivity contribution in [1.82, 2.24) is 15.3 Å². The van der Waals surface area contributed by atoms with Gasteiger partial charge in [0.1, 0.15) is 24.8 Å². The van der Waals surface area contributed by atoms with Crippen molar-refractivity contribution in [3.8, 4) is 5.75 Å². The van der Waals surface area contributed by atoms with E-state index in [1.807, 2.05) is 66.7 Å². The summed E-state index contributed by atoms with van der Waals surface area (Å²) >= 11 is 0. The number of benzene rings is 2. The zero-order valence-corrected chi connectivity index (χ0v) is 25.9. The van der Waals surface area contributed by atoms with Gasteiger partial charge in [-0.05, 0) is 60.5 Å². The Kier molecular flexibility index (Phi) is 12.5. The van der Waals surface area contributed by atoms with Gasteiger partial charge in [-0.25, -0.2) is 9.78 Å². The summed E-state index contributed by atoms with van der Waals surface area (Å²) in [5.41, 5.74) is 8.09. The number of halogens is 3. The van der Waals surface area contributed by atoms with E-state index in [2.05, 4.69) is 20.2 Å². The van der Waals surface area contributed by atoms with E-state index in [4.69, 9.17) is 25.1 Å². The number of aromatic nitrogens is 2. The van der Waals surface area contributed by atoms with Gasteiger partial charge >= 0.3 is 18.1 Å². The van der Waals surface area contributed by atoms with Crippen LogP contribution in [0.5, 0.6) is 5.75 Å². The number of rotatable bonds is 11. The fourth-order valence-corrected chi connectivity index (χ4v) is 5.03. The first-order valence-corrected chi connectivity index (χ1v) is 15.2. The molecular formula is C34H36F3N5O6. The monoisotopic (exact) mass is 667 g/mol. The molecular weight excluding hydrogens is 631 g/mol. The van der Waals surface area contributed by atoms with E-state index in [1.165, 1.54) is 0 Å². The summed E-state index contributed by atoms with van der Waals surface area (Å²) in [6, 6.07) is 20.7. The molecule has 254 valence electrons. The Morgan fingerprint density at radius 3 is 2.35 bits per heavy atom. The van der Waals surface area contributed by atoms with E-state index < -0.39 is 12.1 Å². The van der Waals surface area contributed by atoms with Crippen molar-refractivity contribution in [3.05, 3.63) is 90.9 Å². The van der Waals surface area contributed by atoms with Gasteiger partial charge in [0.15, 0.2) is 0 Å². The molecule has 4 N–H and O–H groups in total. The molecule has 1 saturated heterocycles. The van der Waals surface area contributed by atoms with Crippen LogP contribution in [-0.4, -0.2) is 64.8 Å². The number of piperidine rings is 1. The lowest BCUT2D eigenvalue weighted by Gasteiger charge is -2.33. The number of anilines is 2. The van der Waals surface area contributed by atoms with Crippen molar-refractivity contribution in [2.75, 3.05) is 30.3 Å². The Balaban J connectivity index is 0.000000671. The summed E-state index contributed by atoms with van der Waals surface area (Å²) in [4.78, 5) is 45.2. The number of hydrogen-bond donors (Lipinski definition) is 3. The molecule has 0 aliphatic carbocycles. The summed E-state index contributed by atoms with van der Waals surface area (Å²) in [5, 5.41) is 12.0. The number of fused-ring (bicyclic) bond motifs is 1. The van der Waals surface area contributed by atoms with Crippen LogP contribution in [0.1, 0.15) is 31.2 Å². The molecule has 0 saturated carbocycles. The Bertz CT molecular complexity index is 1650. The second-order valence-corrected chi connectivity index (χ2v) is 11.1. The van der Waals surface area contributed by atoms with Gasteiger partial charge in [-0.2, -0.15) is 13.2 Å². The minimum Gasteiger partial charge on any atom is -0.491 e. The van der Waals surface area contributed by atoms with Crippen molar-refractivity contribution in [3.63, 3.8) is 0 Å². The van der Waals surface area contributed by atoms with Crippen LogP contribution >= 0.6 is 0 Å². The van der Waals surface area contributed by atoms with Crippen molar-refractivity contribution in [2.24, 2.45) is 5.92 Å². The van der Waals surface area contributed by atoms with E-state index in [-0.39, 0.29) is 43.5 Å². The maximum absolute atomic E-state index is 13.3. The number of nitrogen functional groups attached to an aromatic ring is 1. The molecule has 0 bridgehead atoms. The van der Waals surface area contributed by atoms with Gasteiger partial charge in [-0.1, -0.05) is 36.4 Å². The summed E-state index contributed by atoms with van der Waals surface area (Å²) in [7, 11) is 0. The number of carbonyl (C=O) groups is 3. The van der Waals surface area contributed by atoms with Gasteiger partial charge in [0.05, 0.1) is 6.04 Å². The molecule has 1 fully saturated rings. The quantitative estimate of drug-likeness (QED) is 0.183.